The second-order valence-electron chi connectivity index (χ2n) is 10.9. The van der Waals surface area contributed by atoms with Crippen molar-refractivity contribution in [2.24, 2.45) is 5.41 Å². The molecule has 3 aliphatic carbocycles. The first-order valence-corrected chi connectivity index (χ1v) is 12.3. The van der Waals surface area contributed by atoms with Gasteiger partial charge in [-0.1, -0.05) is 11.6 Å². The van der Waals surface area contributed by atoms with Gasteiger partial charge in [0.15, 0.2) is 0 Å². The lowest BCUT2D eigenvalue weighted by molar-refractivity contribution is -0.257. The molecule has 0 atom stereocenters. The predicted molar refractivity (Wildman–Crippen MR) is 125 cm³/mol. The van der Waals surface area contributed by atoms with Crippen LogP contribution in [0.4, 0.5) is 14.5 Å². The van der Waals surface area contributed by atoms with Gasteiger partial charge in [-0.3, -0.25) is 9.58 Å². The maximum Gasteiger partial charge on any atom is 0.244 e. The highest BCUT2D eigenvalue weighted by Gasteiger charge is 2.73. The Hall–Kier alpha value is -2.23. The summed E-state index contributed by atoms with van der Waals surface area (Å²) in [5, 5.41) is 10.8. The van der Waals surface area contributed by atoms with Gasteiger partial charge in [-0.2, -0.15) is 10.2 Å². The van der Waals surface area contributed by atoms with Gasteiger partial charge in [0, 0.05) is 37.0 Å². The summed E-state index contributed by atoms with van der Waals surface area (Å²) in [6.45, 7) is 7.63. The number of anilines is 1. The minimum atomic E-state index is -2.24. The molecular formula is C24H27ClF2N6O. The van der Waals surface area contributed by atoms with E-state index in [2.05, 4.69) is 33.0 Å². The number of hydrogen-bond acceptors (Lipinski definition) is 5. The fourth-order valence-corrected chi connectivity index (χ4v) is 6.81. The summed E-state index contributed by atoms with van der Waals surface area (Å²) in [6, 6.07) is 4.08. The fourth-order valence-electron chi connectivity index (χ4n) is 6.52. The van der Waals surface area contributed by atoms with Crippen molar-refractivity contribution in [3.8, 4) is 5.69 Å². The smallest absolute Gasteiger partial charge is 0.244 e. The van der Waals surface area contributed by atoms with E-state index in [0.29, 0.717) is 19.3 Å². The Morgan fingerprint density at radius 2 is 1.76 bits per heavy atom. The minimum Gasteiger partial charge on any atom is -0.377 e. The molecule has 2 bridgehead atoms. The molecule has 10 heteroatoms. The molecule has 0 unspecified atom stereocenters. The molecule has 1 aromatic carbocycles. The van der Waals surface area contributed by atoms with Gasteiger partial charge in [0.1, 0.15) is 5.69 Å². The van der Waals surface area contributed by atoms with Crippen molar-refractivity contribution in [3.63, 3.8) is 0 Å². The number of aromatic nitrogens is 4. The number of rotatable bonds is 5. The maximum absolute atomic E-state index is 13.2. The van der Waals surface area contributed by atoms with Gasteiger partial charge in [0.05, 0.1) is 59.1 Å². The lowest BCUT2D eigenvalue weighted by Crippen LogP contribution is -2.70. The molecule has 8 rings (SSSR count). The molecule has 2 aromatic heterocycles. The van der Waals surface area contributed by atoms with Crippen LogP contribution in [-0.4, -0.2) is 75.8 Å². The molecule has 0 spiro atoms. The van der Waals surface area contributed by atoms with Crippen LogP contribution in [0.2, 0.25) is 5.02 Å². The number of benzene rings is 1. The summed E-state index contributed by atoms with van der Waals surface area (Å²) in [7, 11) is 0. The van der Waals surface area contributed by atoms with Gasteiger partial charge in [0.2, 0.25) is 6.43 Å². The van der Waals surface area contributed by atoms with E-state index in [4.69, 9.17) is 16.3 Å². The molecule has 180 valence electrons. The first kappa shape index (κ1) is 21.1. The van der Waals surface area contributed by atoms with Crippen LogP contribution in [-0.2, 0) is 10.3 Å². The zero-order chi connectivity index (χ0) is 23.3. The number of halogens is 3. The van der Waals surface area contributed by atoms with Gasteiger partial charge < -0.3 is 9.64 Å². The maximum atomic E-state index is 13.2. The van der Waals surface area contributed by atoms with Crippen molar-refractivity contribution in [1.29, 1.82) is 0 Å². The van der Waals surface area contributed by atoms with Crippen LogP contribution in [0.3, 0.4) is 0 Å². The van der Waals surface area contributed by atoms with Crippen LogP contribution in [0.25, 0.3) is 16.6 Å². The Morgan fingerprint density at radius 1 is 1.03 bits per heavy atom. The van der Waals surface area contributed by atoms with Crippen molar-refractivity contribution in [2.45, 2.75) is 43.7 Å². The van der Waals surface area contributed by atoms with Gasteiger partial charge in [-0.25, -0.2) is 13.5 Å². The normalized spacial score (nSPS) is 30.3. The lowest BCUT2D eigenvalue weighted by Gasteiger charge is -2.69. The number of alkyl halides is 2. The summed E-state index contributed by atoms with van der Waals surface area (Å²) < 4.78 is 35.7. The first-order valence-electron chi connectivity index (χ1n) is 11.9. The van der Waals surface area contributed by atoms with Crippen molar-refractivity contribution in [2.75, 3.05) is 44.3 Å². The third-order valence-electron chi connectivity index (χ3n) is 8.65. The minimum absolute atomic E-state index is 0.161. The average Bonchev–Trinajstić information content (AvgIpc) is 3.36. The topological polar surface area (TPSA) is 51.3 Å². The molecule has 3 aromatic rings. The number of nitrogens with zero attached hydrogens (tertiary/aromatic N) is 6. The molecule has 4 heterocycles. The molecule has 2 saturated heterocycles. The number of hydrogen-bond donors (Lipinski definition) is 0. The largest absolute Gasteiger partial charge is 0.377 e. The number of ether oxygens (including phenoxy) is 1. The molecule has 3 saturated carbocycles. The molecule has 5 aliphatic rings. The van der Waals surface area contributed by atoms with Crippen LogP contribution in [0.15, 0.2) is 30.7 Å². The van der Waals surface area contributed by atoms with E-state index in [-0.39, 0.29) is 11.1 Å². The molecule has 7 nitrogen and oxygen atoms in total. The number of fused-ring (bicyclic) bond motifs is 1. The van der Waals surface area contributed by atoms with Crippen molar-refractivity contribution < 1.29 is 13.5 Å². The third kappa shape index (κ3) is 2.80. The molecule has 0 amide bonds. The molecule has 5 fully saturated rings. The van der Waals surface area contributed by atoms with Crippen LogP contribution in [0, 0.1) is 5.41 Å². The Bertz CT molecular complexity index is 1260. The second kappa shape index (κ2) is 6.92. The van der Waals surface area contributed by atoms with E-state index in [1.165, 1.54) is 0 Å². The van der Waals surface area contributed by atoms with E-state index in [0.717, 1.165) is 66.7 Å². The Labute approximate surface area is 201 Å². The van der Waals surface area contributed by atoms with Crippen molar-refractivity contribution in [3.05, 3.63) is 35.7 Å². The summed E-state index contributed by atoms with van der Waals surface area (Å²) >= 11 is 6.70. The predicted octanol–water partition coefficient (Wildman–Crippen LogP) is 3.93. The van der Waals surface area contributed by atoms with Crippen LogP contribution in [0.1, 0.15) is 26.2 Å². The highest BCUT2D eigenvalue weighted by atomic mass is 35.5. The van der Waals surface area contributed by atoms with Crippen LogP contribution < -0.4 is 4.90 Å². The molecule has 0 N–H and O–H groups in total. The van der Waals surface area contributed by atoms with E-state index in [9.17, 15) is 8.78 Å². The van der Waals surface area contributed by atoms with Gasteiger partial charge in [0.25, 0.3) is 0 Å². The second-order valence-corrected chi connectivity index (χ2v) is 11.4. The SMILES string of the molecule is CC1(N2CCN(c3cc4c(cnn4-c4cnn(C56CC(C(F)F)(C5)C6)c4)cc3Cl)CC2)COC1. The highest BCUT2D eigenvalue weighted by molar-refractivity contribution is 6.34. The van der Waals surface area contributed by atoms with Crippen LogP contribution in [0.5, 0.6) is 0 Å². The monoisotopic (exact) mass is 488 g/mol. The van der Waals surface area contributed by atoms with E-state index >= 15 is 0 Å². The quantitative estimate of drug-likeness (QED) is 0.544. The summed E-state index contributed by atoms with van der Waals surface area (Å²) in [5.41, 5.74) is 1.95. The summed E-state index contributed by atoms with van der Waals surface area (Å²) in [6.07, 6.45) is 4.81. The van der Waals surface area contributed by atoms with E-state index in [1.807, 2.05) is 27.8 Å². The van der Waals surface area contributed by atoms with Gasteiger partial charge in [-0.15, -0.1) is 0 Å². The lowest BCUT2D eigenvalue weighted by atomic mass is 9.39. The van der Waals surface area contributed by atoms with Gasteiger partial charge in [-0.05, 0) is 38.3 Å². The molecule has 34 heavy (non-hydrogen) atoms. The molecular weight excluding hydrogens is 462 g/mol. The Balaban J connectivity index is 1.14. The first-order chi connectivity index (χ1) is 16.3. The molecule has 0 radical (unpaired) electrons. The Kier molecular flexibility index (Phi) is 4.29. The van der Waals surface area contributed by atoms with Gasteiger partial charge >= 0.3 is 0 Å². The van der Waals surface area contributed by atoms with Crippen molar-refractivity contribution >= 4 is 28.2 Å². The number of piperazine rings is 1. The molecule has 2 aliphatic heterocycles. The van der Waals surface area contributed by atoms with E-state index in [1.54, 1.807) is 6.20 Å². The van der Waals surface area contributed by atoms with Crippen LogP contribution >= 0.6 is 11.6 Å². The zero-order valence-electron chi connectivity index (χ0n) is 19.1. The fraction of sp³-hybridized carbons (Fsp3) is 0.583. The van der Waals surface area contributed by atoms with Crippen molar-refractivity contribution in [1.82, 2.24) is 24.5 Å². The third-order valence-corrected chi connectivity index (χ3v) is 8.95. The highest BCUT2D eigenvalue weighted by Crippen LogP contribution is 2.73. The average molecular weight is 489 g/mol. The summed E-state index contributed by atoms with van der Waals surface area (Å²) in [4.78, 5) is 4.86. The van der Waals surface area contributed by atoms with E-state index < -0.39 is 11.8 Å². The standard InChI is InChI=1S/C24H27ClF2N6O/c1-22(14-34-15-22)31-4-2-30(3-5-31)20-7-19-16(6-18(20)25)8-29-33(19)17-9-28-32(10-17)24-11-23(12-24,13-24)21(26)27/h6-10,21H,2-5,11-15H2,1H3. The Morgan fingerprint density at radius 3 is 2.41 bits per heavy atom. The summed E-state index contributed by atoms with van der Waals surface area (Å²) in [5.74, 6) is 0. The zero-order valence-corrected chi connectivity index (χ0v) is 19.8.